The second kappa shape index (κ2) is 8.79. The molecule has 30 heavy (non-hydrogen) atoms. The number of aryl methyl sites for hydroxylation is 3. The van der Waals surface area contributed by atoms with Crippen molar-refractivity contribution in [1.29, 1.82) is 0 Å². The molecule has 1 fully saturated rings. The first-order chi connectivity index (χ1) is 14.5. The van der Waals surface area contributed by atoms with E-state index in [1.165, 1.54) is 0 Å². The van der Waals surface area contributed by atoms with Crippen molar-refractivity contribution in [2.45, 2.75) is 40.2 Å². The van der Waals surface area contributed by atoms with Gasteiger partial charge in [-0.25, -0.2) is 0 Å². The van der Waals surface area contributed by atoms with Crippen molar-refractivity contribution in [1.82, 2.24) is 15.0 Å². The fourth-order valence-corrected chi connectivity index (χ4v) is 4.15. The van der Waals surface area contributed by atoms with Gasteiger partial charge in [-0.15, -0.1) is 0 Å². The van der Waals surface area contributed by atoms with Gasteiger partial charge in [-0.05, 0) is 69.0 Å². The second-order valence-electron chi connectivity index (χ2n) is 8.27. The largest absolute Gasteiger partial charge is 0.338 e. The highest BCUT2D eigenvalue weighted by atomic mass is 16.5. The highest BCUT2D eigenvalue weighted by molar-refractivity contribution is 5.93. The topological polar surface area (TPSA) is 71.3 Å². The molecule has 156 valence electrons. The third kappa shape index (κ3) is 4.76. The molecule has 0 bridgehead atoms. The Morgan fingerprint density at radius 2 is 1.93 bits per heavy atom. The summed E-state index contributed by atoms with van der Waals surface area (Å²) in [5.74, 6) is 1.24. The molecule has 1 saturated heterocycles. The van der Waals surface area contributed by atoms with E-state index in [0.717, 1.165) is 47.3 Å². The molecule has 0 saturated carbocycles. The number of rotatable bonds is 5. The first-order valence-electron chi connectivity index (χ1n) is 10.5. The SMILES string of the molecule is Cc1cc(C)cc(NC(=O)C2CCCN(Cc3nc(-c4ccccc4C)no3)C2)c1. The summed E-state index contributed by atoms with van der Waals surface area (Å²) >= 11 is 0. The molecule has 0 radical (unpaired) electrons. The number of nitrogens with zero attached hydrogens (tertiary/aromatic N) is 3. The summed E-state index contributed by atoms with van der Waals surface area (Å²) in [6, 6.07) is 14.1. The molecule has 2 heterocycles. The van der Waals surface area contributed by atoms with E-state index >= 15 is 0 Å². The number of hydrogen-bond donors (Lipinski definition) is 1. The Balaban J connectivity index is 1.38. The van der Waals surface area contributed by atoms with Crippen LogP contribution in [0.3, 0.4) is 0 Å². The summed E-state index contributed by atoms with van der Waals surface area (Å²) in [5.41, 5.74) is 5.27. The third-order valence-corrected chi connectivity index (χ3v) is 5.58. The van der Waals surface area contributed by atoms with Crippen LogP contribution >= 0.6 is 0 Å². The number of nitrogens with one attached hydrogen (secondary N) is 1. The number of benzene rings is 2. The van der Waals surface area contributed by atoms with Crippen molar-refractivity contribution in [3.8, 4) is 11.4 Å². The van der Waals surface area contributed by atoms with Gasteiger partial charge >= 0.3 is 0 Å². The standard InChI is InChI=1S/C24H28N4O2/c1-16-11-17(2)13-20(12-16)25-24(29)19-8-6-10-28(14-19)15-22-26-23(27-30-22)21-9-5-4-7-18(21)3/h4-5,7,9,11-13,19H,6,8,10,14-15H2,1-3H3,(H,25,29). The summed E-state index contributed by atoms with van der Waals surface area (Å²) in [7, 11) is 0. The molecule has 1 amide bonds. The molecule has 1 N–H and O–H groups in total. The fraction of sp³-hybridized carbons (Fsp3) is 0.375. The Bertz CT molecular complexity index is 1020. The molecule has 1 aromatic heterocycles. The van der Waals surface area contributed by atoms with Gasteiger partial charge in [-0.1, -0.05) is 35.5 Å². The number of anilines is 1. The van der Waals surface area contributed by atoms with Crippen LogP contribution in [0.5, 0.6) is 0 Å². The maximum Gasteiger partial charge on any atom is 0.241 e. The molecule has 0 aliphatic carbocycles. The first-order valence-corrected chi connectivity index (χ1v) is 10.5. The molecule has 1 aliphatic rings. The normalized spacial score (nSPS) is 17.1. The van der Waals surface area contributed by atoms with Gasteiger partial charge in [-0.3, -0.25) is 9.69 Å². The molecule has 1 aliphatic heterocycles. The lowest BCUT2D eigenvalue weighted by Crippen LogP contribution is -2.40. The summed E-state index contributed by atoms with van der Waals surface area (Å²) in [4.78, 5) is 19.6. The number of likely N-dealkylation sites (tertiary alicyclic amines) is 1. The minimum atomic E-state index is -0.0432. The highest BCUT2D eigenvalue weighted by Crippen LogP contribution is 2.23. The number of aromatic nitrogens is 2. The molecule has 2 aromatic carbocycles. The van der Waals surface area contributed by atoms with Gasteiger partial charge in [-0.2, -0.15) is 4.98 Å². The minimum absolute atomic E-state index is 0.0432. The van der Waals surface area contributed by atoms with E-state index in [1.54, 1.807) is 0 Å². The molecular weight excluding hydrogens is 376 g/mol. The van der Waals surface area contributed by atoms with Crippen LogP contribution in [0.1, 0.15) is 35.4 Å². The molecule has 3 aromatic rings. The van der Waals surface area contributed by atoms with Crippen LogP contribution < -0.4 is 5.32 Å². The zero-order valence-electron chi connectivity index (χ0n) is 17.8. The van der Waals surface area contributed by atoms with Gasteiger partial charge in [0.15, 0.2) is 0 Å². The van der Waals surface area contributed by atoms with Gasteiger partial charge in [0.1, 0.15) is 0 Å². The lowest BCUT2D eigenvalue weighted by atomic mass is 9.97. The van der Waals surface area contributed by atoms with E-state index in [2.05, 4.69) is 26.4 Å². The van der Waals surface area contributed by atoms with Crippen molar-refractivity contribution in [3.63, 3.8) is 0 Å². The predicted octanol–water partition coefficient (Wildman–Crippen LogP) is 4.51. The number of hydrogen-bond acceptors (Lipinski definition) is 5. The van der Waals surface area contributed by atoms with Crippen LogP contribution in [0.25, 0.3) is 11.4 Å². The second-order valence-corrected chi connectivity index (χ2v) is 8.27. The van der Waals surface area contributed by atoms with Gasteiger partial charge in [0.05, 0.1) is 12.5 Å². The van der Waals surface area contributed by atoms with Crippen LogP contribution in [0.2, 0.25) is 0 Å². The average Bonchev–Trinajstić information content (AvgIpc) is 3.16. The van der Waals surface area contributed by atoms with E-state index < -0.39 is 0 Å². The van der Waals surface area contributed by atoms with E-state index in [-0.39, 0.29) is 11.8 Å². The summed E-state index contributed by atoms with van der Waals surface area (Å²) in [6.45, 7) is 8.30. The average molecular weight is 405 g/mol. The predicted molar refractivity (Wildman–Crippen MR) is 117 cm³/mol. The zero-order valence-corrected chi connectivity index (χ0v) is 17.8. The molecular formula is C24H28N4O2. The van der Waals surface area contributed by atoms with Gasteiger partial charge < -0.3 is 9.84 Å². The fourth-order valence-electron chi connectivity index (χ4n) is 4.15. The van der Waals surface area contributed by atoms with E-state index in [9.17, 15) is 4.79 Å². The molecule has 6 heteroatoms. The first kappa shape index (κ1) is 20.3. The van der Waals surface area contributed by atoms with E-state index in [4.69, 9.17) is 4.52 Å². The van der Waals surface area contributed by atoms with Crippen molar-refractivity contribution < 1.29 is 9.32 Å². The zero-order chi connectivity index (χ0) is 21.1. The number of amides is 1. The van der Waals surface area contributed by atoms with Crippen molar-refractivity contribution in [2.75, 3.05) is 18.4 Å². The van der Waals surface area contributed by atoms with Crippen LogP contribution in [0, 0.1) is 26.7 Å². The number of carbonyl (C=O) groups is 1. The molecule has 4 rings (SSSR count). The molecule has 1 atom stereocenters. The van der Waals surface area contributed by atoms with Gasteiger partial charge in [0.2, 0.25) is 17.6 Å². The van der Waals surface area contributed by atoms with Crippen LogP contribution in [-0.2, 0) is 11.3 Å². The Hall–Kier alpha value is -2.99. The molecule has 0 spiro atoms. The summed E-state index contributed by atoms with van der Waals surface area (Å²) < 4.78 is 5.49. The summed E-state index contributed by atoms with van der Waals surface area (Å²) in [6.07, 6.45) is 1.87. The van der Waals surface area contributed by atoms with Crippen molar-refractivity contribution >= 4 is 11.6 Å². The summed E-state index contributed by atoms with van der Waals surface area (Å²) in [5, 5.41) is 7.24. The monoisotopic (exact) mass is 404 g/mol. The quantitative estimate of drug-likeness (QED) is 0.677. The van der Waals surface area contributed by atoms with Crippen LogP contribution in [0.4, 0.5) is 5.69 Å². The van der Waals surface area contributed by atoms with Crippen molar-refractivity contribution in [3.05, 3.63) is 65.0 Å². The van der Waals surface area contributed by atoms with Crippen molar-refractivity contribution in [2.24, 2.45) is 5.92 Å². The number of piperidine rings is 1. The number of carbonyl (C=O) groups excluding carboxylic acids is 1. The Labute approximate surface area is 177 Å². The molecule has 6 nitrogen and oxygen atoms in total. The maximum atomic E-state index is 12.8. The van der Waals surface area contributed by atoms with Crippen LogP contribution in [-0.4, -0.2) is 34.0 Å². The third-order valence-electron chi connectivity index (χ3n) is 5.58. The Morgan fingerprint density at radius 3 is 2.70 bits per heavy atom. The Kier molecular flexibility index (Phi) is 5.95. The lowest BCUT2D eigenvalue weighted by Gasteiger charge is -2.30. The smallest absolute Gasteiger partial charge is 0.241 e. The maximum absolute atomic E-state index is 12.8. The van der Waals surface area contributed by atoms with E-state index in [0.29, 0.717) is 24.8 Å². The van der Waals surface area contributed by atoms with Gasteiger partial charge in [0.25, 0.3) is 0 Å². The highest BCUT2D eigenvalue weighted by Gasteiger charge is 2.27. The van der Waals surface area contributed by atoms with E-state index in [1.807, 2.05) is 57.2 Å². The molecule has 1 unspecified atom stereocenters. The van der Waals surface area contributed by atoms with Gasteiger partial charge in [0, 0.05) is 17.8 Å². The van der Waals surface area contributed by atoms with Crippen LogP contribution in [0.15, 0.2) is 47.0 Å². The lowest BCUT2D eigenvalue weighted by molar-refractivity contribution is -0.121. The minimum Gasteiger partial charge on any atom is -0.338 e. The Morgan fingerprint density at radius 1 is 1.17 bits per heavy atom.